The SMILES string of the molecule is C=CCOC(=O)C1(C)CCC2(C)CC2C1. The Morgan fingerprint density at radius 3 is 2.80 bits per heavy atom. The lowest BCUT2D eigenvalue weighted by Crippen LogP contribution is -2.34. The molecule has 0 saturated heterocycles. The van der Waals surface area contributed by atoms with Gasteiger partial charge in [0.2, 0.25) is 0 Å². The molecule has 2 nitrogen and oxygen atoms in total. The van der Waals surface area contributed by atoms with Gasteiger partial charge in [0, 0.05) is 0 Å². The summed E-state index contributed by atoms with van der Waals surface area (Å²) in [6.45, 7) is 8.29. The van der Waals surface area contributed by atoms with Crippen molar-refractivity contribution in [3.05, 3.63) is 12.7 Å². The van der Waals surface area contributed by atoms with Crippen LogP contribution in [0.25, 0.3) is 0 Å². The Kier molecular flexibility index (Phi) is 2.40. The van der Waals surface area contributed by atoms with Gasteiger partial charge in [-0.2, -0.15) is 0 Å². The minimum absolute atomic E-state index is 0.0312. The van der Waals surface area contributed by atoms with Crippen LogP contribution in [0.3, 0.4) is 0 Å². The molecule has 0 aliphatic heterocycles. The highest BCUT2D eigenvalue weighted by molar-refractivity contribution is 5.76. The molecule has 0 N–H and O–H groups in total. The predicted molar refractivity (Wildman–Crippen MR) is 59.3 cm³/mol. The second kappa shape index (κ2) is 3.36. The summed E-state index contributed by atoms with van der Waals surface area (Å²) < 4.78 is 5.18. The molecule has 15 heavy (non-hydrogen) atoms. The van der Waals surface area contributed by atoms with Crippen LogP contribution in [0.5, 0.6) is 0 Å². The molecule has 0 radical (unpaired) electrons. The van der Waals surface area contributed by atoms with E-state index in [2.05, 4.69) is 20.4 Å². The van der Waals surface area contributed by atoms with Crippen LogP contribution < -0.4 is 0 Å². The normalized spacial score (nSPS) is 42.9. The summed E-state index contributed by atoms with van der Waals surface area (Å²) in [5.41, 5.74) is 0.321. The predicted octanol–water partition coefficient (Wildman–Crippen LogP) is 2.93. The maximum Gasteiger partial charge on any atom is 0.312 e. The van der Waals surface area contributed by atoms with E-state index in [-0.39, 0.29) is 11.4 Å². The van der Waals surface area contributed by atoms with Crippen LogP contribution in [0.2, 0.25) is 0 Å². The molecule has 3 atom stereocenters. The lowest BCUT2D eigenvalue weighted by molar-refractivity contribution is -0.156. The molecular formula is C13H20O2. The van der Waals surface area contributed by atoms with Crippen molar-refractivity contribution in [3.8, 4) is 0 Å². The van der Waals surface area contributed by atoms with Gasteiger partial charge >= 0.3 is 5.97 Å². The van der Waals surface area contributed by atoms with Crippen LogP contribution in [0, 0.1) is 16.7 Å². The third kappa shape index (κ3) is 1.82. The van der Waals surface area contributed by atoms with Crippen molar-refractivity contribution in [2.45, 2.75) is 39.5 Å². The maximum absolute atomic E-state index is 11.9. The summed E-state index contributed by atoms with van der Waals surface area (Å²) in [5.74, 6) is 0.726. The Hall–Kier alpha value is -0.790. The van der Waals surface area contributed by atoms with E-state index >= 15 is 0 Å². The Bertz CT molecular complexity index is 297. The minimum Gasteiger partial charge on any atom is -0.461 e. The molecule has 0 aromatic carbocycles. The van der Waals surface area contributed by atoms with Gasteiger partial charge in [0.15, 0.2) is 0 Å². The van der Waals surface area contributed by atoms with Crippen LogP contribution >= 0.6 is 0 Å². The summed E-state index contributed by atoms with van der Waals surface area (Å²) in [4.78, 5) is 11.9. The molecule has 3 unspecified atom stereocenters. The smallest absolute Gasteiger partial charge is 0.312 e. The van der Waals surface area contributed by atoms with Crippen LogP contribution in [-0.2, 0) is 9.53 Å². The Morgan fingerprint density at radius 2 is 2.20 bits per heavy atom. The number of rotatable bonds is 3. The van der Waals surface area contributed by atoms with Gasteiger partial charge in [-0.25, -0.2) is 0 Å². The zero-order chi connectivity index (χ0) is 11.1. The molecule has 2 fully saturated rings. The molecule has 0 aromatic heterocycles. The fraction of sp³-hybridized carbons (Fsp3) is 0.769. The quantitative estimate of drug-likeness (QED) is 0.526. The minimum atomic E-state index is -0.232. The first-order chi connectivity index (χ1) is 7.00. The van der Waals surface area contributed by atoms with E-state index in [1.807, 2.05) is 0 Å². The van der Waals surface area contributed by atoms with Gasteiger partial charge in [0.1, 0.15) is 6.61 Å². The number of hydrogen-bond acceptors (Lipinski definition) is 2. The molecule has 0 bridgehead atoms. The maximum atomic E-state index is 11.9. The number of ether oxygens (including phenoxy) is 1. The average Bonchev–Trinajstić information content (AvgIpc) is 2.85. The summed E-state index contributed by atoms with van der Waals surface area (Å²) in [5, 5.41) is 0. The average molecular weight is 208 g/mol. The Balaban J connectivity index is 1.96. The molecule has 0 amide bonds. The molecule has 2 saturated carbocycles. The van der Waals surface area contributed by atoms with Gasteiger partial charge in [-0.05, 0) is 43.9 Å². The third-order valence-electron chi connectivity index (χ3n) is 4.31. The van der Waals surface area contributed by atoms with Gasteiger partial charge in [-0.1, -0.05) is 19.6 Å². The highest BCUT2D eigenvalue weighted by Gasteiger charge is 2.58. The summed E-state index contributed by atoms with van der Waals surface area (Å²) >= 11 is 0. The number of carbonyl (C=O) groups excluding carboxylic acids is 1. The fourth-order valence-electron chi connectivity index (χ4n) is 2.83. The van der Waals surface area contributed by atoms with Gasteiger partial charge in [0.05, 0.1) is 5.41 Å². The standard InChI is InChI=1S/C13H20O2/c1-4-7-15-11(14)13(3)6-5-12(2)8-10(12)9-13/h4,10H,1,5-9H2,2-3H3. The van der Waals surface area contributed by atoms with Crippen molar-refractivity contribution < 1.29 is 9.53 Å². The van der Waals surface area contributed by atoms with Crippen LogP contribution in [0.4, 0.5) is 0 Å². The monoisotopic (exact) mass is 208 g/mol. The van der Waals surface area contributed by atoms with Crippen LogP contribution in [0.1, 0.15) is 39.5 Å². The van der Waals surface area contributed by atoms with Gasteiger partial charge in [0.25, 0.3) is 0 Å². The van der Waals surface area contributed by atoms with E-state index in [9.17, 15) is 4.79 Å². The summed E-state index contributed by atoms with van der Waals surface area (Å²) in [7, 11) is 0. The van der Waals surface area contributed by atoms with Crippen molar-refractivity contribution in [1.29, 1.82) is 0 Å². The zero-order valence-electron chi connectivity index (χ0n) is 9.71. The number of carbonyl (C=O) groups is 1. The number of fused-ring (bicyclic) bond motifs is 1. The van der Waals surface area contributed by atoms with E-state index in [1.165, 1.54) is 12.8 Å². The third-order valence-corrected chi connectivity index (χ3v) is 4.31. The molecule has 0 aromatic rings. The summed E-state index contributed by atoms with van der Waals surface area (Å²) in [6.07, 6.45) is 6.11. The molecule has 84 valence electrons. The zero-order valence-corrected chi connectivity index (χ0v) is 9.71. The van der Waals surface area contributed by atoms with Gasteiger partial charge in [-0.15, -0.1) is 0 Å². The number of hydrogen-bond donors (Lipinski definition) is 0. The van der Waals surface area contributed by atoms with E-state index in [0.717, 1.165) is 18.8 Å². The van der Waals surface area contributed by atoms with Crippen LogP contribution in [-0.4, -0.2) is 12.6 Å². The van der Waals surface area contributed by atoms with Crippen molar-refractivity contribution >= 4 is 5.97 Å². The van der Waals surface area contributed by atoms with E-state index < -0.39 is 0 Å². The van der Waals surface area contributed by atoms with Crippen molar-refractivity contribution in [1.82, 2.24) is 0 Å². The first-order valence-electron chi connectivity index (χ1n) is 5.78. The topological polar surface area (TPSA) is 26.3 Å². The van der Waals surface area contributed by atoms with E-state index in [1.54, 1.807) is 6.08 Å². The highest BCUT2D eigenvalue weighted by Crippen LogP contribution is 2.65. The van der Waals surface area contributed by atoms with Crippen molar-refractivity contribution in [3.63, 3.8) is 0 Å². The molecule has 2 heteroatoms. The molecule has 2 rings (SSSR count). The largest absolute Gasteiger partial charge is 0.461 e. The van der Waals surface area contributed by atoms with E-state index in [0.29, 0.717) is 12.0 Å². The molecular weight excluding hydrogens is 188 g/mol. The van der Waals surface area contributed by atoms with Gasteiger partial charge < -0.3 is 4.74 Å². The van der Waals surface area contributed by atoms with Crippen molar-refractivity contribution in [2.24, 2.45) is 16.7 Å². The van der Waals surface area contributed by atoms with Gasteiger partial charge in [-0.3, -0.25) is 4.79 Å². The highest BCUT2D eigenvalue weighted by atomic mass is 16.5. The Morgan fingerprint density at radius 1 is 1.47 bits per heavy atom. The molecule has 0 heterocycles. The molecule has 0 spiro atoms. The van der Waals surface area contributed by atoms with E-state index in [4.69, 9.17) is 4.74 Å². The Labute approximate surface area is 91.7 Å². The first kappa shape index (κ1) is 10.7. The first-order valence-corrected chi connectivity index (χ1v) is 5.78. The number of esters is 1. The summed E-state index contributed by atoms with van der Waals surface area (Å²) in [6, 6.07) is 0. The second-order valence-corrected chi connectivity index (χ2v) is 5.71. The van der Waals surface area contributed by atoms with Crippen LogP contribution in [0.15, 0.2) is 12.7 Å². The molecule has 2 aliphatic carbocycles. The fourth-order valence-corrected chi connectivity index (χ4v) is 2.83. The van der Waals surface area contributed by atoms with Crippen molar-refractivity contribution in [2.75, 3.05) is 6.61 Å². The second-order valence-electron chi connectivity index (χ2n) is 5.71. The lowest BCUT2D eigenvalue weighted by atomic mass is 9.72. The molecule has 2 aliphatic rings. The lowest BCUT2D eigenvalue weighted by Gasteiger charge is -2.33.